The third-order valence-electron chi connectivity index (χ3n) is 6.14. The summed E-state index contributed by atoms with van der Waals surface area (Å²) in [7, 11) is 1.67. The molecule has 0 radical (unpaired) electrons. The summed E-state index contributed by atoms with van der Waals surface area (Å²) in [6, 6.07) is 3.56. The fraction of sp³-hybridized carbons (Fsp3) is 0.385. The van der Waals surface area contributed by atoms with Crippen LogP contribution in [-0.2, 0) is 16.1 Å². The second kappa shape index (κ2) is 12.7. The minimum absolute atomic E-state index is 0.0645. The number of ketones is 1. The van der Waals surface area contributed by atoms with Crippen molar-refractivity contribution in [3.63, 3.8) is 0 Å². The minimum atomic E-state index is -4.79. The quantitative estimate of drug-likeness (QED) is 0.277. The van der Waals surface area contributed by atoms with Crippen molar-refractivity contribution in [2.24, 2.45) is 5.92 Å². The van der Waals surface area contributed by atoms with Crippen LogP contribution < -0.4 is 16.0 Å². The molecule has 0 saturated carbocycles. The Labute approximate surface area is 231 Å². The maximum atomic E-state index is 14.1. The first-order valence-electron chi connectivity index (χ1n) is 12.2. The highest BCUT2D eigenvalue weighted by atomic mass is 35.5. The zero-order valence-electron chi connectivity index (χ0n) is 21.8. The monoisotopic (exact) mass is 587 g/mol. The molecule has 0 fully saturated rings. The molecule has 1 aliphatic rings. The lowest BCUT2D eigenvalue weighted by Gasteiger charge is -2.22. The average molecular weight is 588 g/mol. The van der Waals surface area contributed by atoms with Gasteiger partial charge in [0.15, 0.2) is 5.82 Å². The summed E-state index contributed by atoms with van der Waals surface area (Å²) in [6.07, 6.45) is -4.55. The molecule has 0 spiro atoms. The van der Waals surface area contributed by atoms with E-state index in [0.717, 1.165) is 12.1 Å². The van der Waals surface area contributed by atoms with Gasteiger partial charge in [-0.1, -0.05) is 18.5 Å². The summed E-state index contributed by atoms with van der Waals surface area (Å²) in [5.74, 6) is -7.71. The lowest BCUT2D eigenvalue weighted by molar-refractivity contribution is -0.161. The van der Waals surface area contributed by atoms with Crippen LogP contribution in [0.2, 0.25) is 5.02 Å². The molecule has 1 aliphatic carbocycles. The van der Waals surface area contributed by atoms with Crippen LogP contribution in [0.25, 0.3) is 0 Å². The molecule has 0 bridgehead atoms. The summed E-state index contributed by atoms with van der Waals surface area (Å²) in [6.45, 7) is 3.03. The molecule has 2 atom stereocenters. The second-order valence-electron chi connectivity index (χ2n) is 9.23. The fourth-order valence-electron chi connectivity index (χ4n) is 4.24. The van der Waals surface area contributed by atoms with E-state index < -0.39 is 59.2 Å². The molecule has 3 N–H and O–H groups in total. The standard InChI is InChI=1S/C26H27ClF5N5O3/c1-13(38)12-37-21(14(2)19-11-17(28)4-5-20(19)27)22(35-23(37)25(40)34-7-6-33-3)36-24(39)15-8-16(26(30,31)32)10-18(29)9-15/h4-5,9-11,14,16,33H,6-8,12H2,1-3H3,(H,34,40)(H,36,39)/t14-,16?/m0/s1. The zero-order valence-corrected chi connectivity index (χ0v) is 22.5. The van der Waals surface area contributed by atoms with Crippen LogP contribution >= 0.6 is 11.6 Å². The molecule has 0 aliphatic heterocycles. The first-order chi connectivity index (χ1) is 18.7. The van der Waals surface area contributed by atoms with Crippen LogP contribution in [0, 0.1) is 11.7 Å². The van der Waals surface area contributed by atoms with E-state index in [1.54, 1.807) is 14.0 Å². The molecule has 1 unspecified atom stereocenters. The Balaban J connectivity index is 2.13. The molecule has 40 heavy (non-hydrogen) atoms. The third kappa shape index (κ3) is 7.33. The number of alkyl halides is 3. The number of aromatic nitrogens is 2. The number of likely N-dealkylation sites (N-methyl/N-ethyl adjacent to an activating group) is 1. The number of benzene rings is 1. The Hall–Kier alpha value is -3.58. The predicted molar refractivity (Wildman–Crippen MR) is 138 cm³/mol. The van der Waals surface area contributed by atoms with Crippen molar-refractivity contribution in [2.45, 2.75) is 38.9 Å². The van der Waals surface area contributed by atoms with Gasteiger partial charge in [-0.25, -0.2) is 13.8 Å². The minimum Gasteiger partial charge on any atom is -0.348 e. The molecule has 1 aromatic carbocycles. The van der Waals surface area contributed by atoms with Gasteiger partial charge in [-0.15, -0.1) is 0 Å². The van der Waals surface area contributed by atoms with Gasteiger partial charge in [0, 0.05) is 29.6 Å². The Bertz CT molecular complexity index is 1370. The number of halogens is 6. The number of allylic oxidation sites excluding steroid dienone is 3. The summed E-state index contributed by atoms with van der Waals surface area (Å²) in [4.78, 5) is 42.5. The van der Waals surface area contributed by atoms with Gasteiger partial charge in [0.25, 0.3) is 11.8 Å². The second-order valence-corrected chi connectivity index (χ2v) is 9.64. The van der Waals surface area contributed by atoms with Gasteiger partial charge in [-0.05, 0) is 56.3 Å². The average Bonchev–Trinajstić information content (AvgIpc) is 3.21. The lowest BCUT2D eigenvalue weighted by atomic mass is 9.92. The first kappa shape index (κ1) is 31.0. The van der Waals surface area contributed by atoms with E-state index >= 15 is 0 Å². The van der Waals surface area contributed by atoms with E-state index in [9.17, 15) is 36.3 Å². The van der Waals surface area contributed by atoms with Gasteiger partial charge in [0.1, 0.15) is 17.4 Å². The number of nitrogens with one attached hydrogen (secondary N) is 3. The van der Waals surface area contributed by atoms with Crippen molar-refractivity contribution in [2.75, 3.05) is 25.5 Å². The van der Waals surface area contributed by atoms with Crippen LogP contribution in [0.5, 0.6) is 0 Å². The molecule has 2 aromatic rings. The highest BCUT2D eigenvalue weighted by Gasteiger charge is 2.41. The molecule has 3 rings (SSSR count). The number of amides is 2. The summed E-state index contributed by atoms with van der Waals surface area (Å²) < 4.78 is 69.3. The molecule has 1 aromatic heterocycles. The zero-order chi connectivity index (χ0) is 29.8. The number of hydrogen-bond donors (Lipinski definition) is 3. The van der Waals surface area contributed by atoms with E-state index in [2.05, 4.69) is 20.9 Å². The Kier molecular flexibility index (Phi) is 9.85. The van der Waals surface area contributed by atoms with Crippen LogP contribution in [0.4, 0.5) is 27.8 Å². The fourth-order valence-corrected chi connectivity index (χ4v) is 4.53. The molecule has 0 saturated heterocycles. The number of anilines is 1. The molecule has 8 nitrogen and oxygen atoms in total. The van der Waals surface area contributed by atoms with Gasteiger partial charge in [0.05, 0.1) is 18.2 Å². The SMILES string of the molecule is CNCCNC(=O)c1nc(NC(=O)C2=CC(F)=CC(C(F)(F)F)C2)c([C@@H](C)c2cc(F)ccc2Cl)n1CC(C)=O. The van der Waals surface area contributed by atoms with Crippen LogP contribution in [0.3, 0.4) is 0 Å². The summed E-state index contributed by atoms with van der Waals surface area (Å²) >= 11 is 6.31. The molecule has 1 heterocycles. The van der Waals surface area contributed by atoms with E-state index in [1.165, 1.54) is 17.6 Å². The van der Waals surface area contributed by atoms with Crippen molar-refractivity contribution in [3.8, 4) is 0 Å². The smallest absolute Gasteiger partial charge is 0.348 e. The largest absolute Gasteiger partial charge is 0.395 e. The van der Waals surface area contributed by atoms with Crippen molar-refractivity contribution < 1.29 is 36.3 Å². The van der Waals surface area contributed by atoms with Crippen LogP contribution in [0.1, 0.15) is 48.1 Å². The Morgan fingerprint density at radius 3 is 2.50 bits per heavy atom. The Morgan fingerprint density at radius 1 is 1.18 bits per heavy atom. The van der Waals surface area contributed by atoms with Gasteiger partial charge >= 0.3 is 6.18 Å². The van der Waals surface area contributed by atoms with Gasteiger partial charge in [-0.2, -0.15) is 13.2 Å². The topological polar surface area (TPSA) is 105 Å². The van der Waals surface area contributed by atoms with Crippen molar-refractivity contribution in [1.82, 2.24) is 20.2 Å². The van der Waals surface area contributed by atoms with E-state index in [-0.39, 0.29) is 41.0 Å². The number of carbonyl (C=O) groups is 3. The molecular formula is C26H27ClF5N5O3. The van der Waals surface area contributed by atoms with E-state index in [4.69, 9.17) is 11.6 Å². The lowest BCUT2D eigenvalue weighted by Crippen LogP contribution is -2.33. The Morgan fingerprint density at radius 2 is 1.88 bits per heavy atom. The van der Waals surface area contributed by atoms with Crippen LogP contribution in [-0.4, -0.2) is 53.5 Å². The first-order valence-corrected chi connectivity index (χ1v) is 12.5. The number of rotatable bonds is 10. The number of hydrogen-bond acceptors (Lipinski definition) is 5. The third-order valence-corrected chi connectivity index (χ3v) is 6.49. The number of Topliss-reactive ketones (excluding diaryl/α,β-unsaturated/α-hetero) is 1. The summed E-state index contributed by atoms with van der Waals surface area (Å²) in [5, 5.41) is 7.96. The number of imidazole rings is 1. The maximum Gasteiger partial charge on any atom is 0.395 e. The highest BCUT2D eigenvalue weighted by Crippen LogP contribution is 2.38. The maximum absolute atomic E-state index is 14.1. The van der Waals surface area contributed by atoms with E-state index in [0.29, 0.717) is 18.7 Å². The van der Waals surface area contributed by atoms with Crippen molar-refractivity contribution >= 4 is 35.0 Å². The van der Waals surface area contributed by atoms with Gasteiger partial charge in [-0.3, -0.25) is 14.4 Å². The molecule has 2 amide bonds. The normalized spacial score (nSPS) is 16.2. The van der Waals surface area contributed by atoms with E-state index in [1.807, 2.05) is 0 Å². The van der Waals surface area contributed by atoms with Crippen molar-refractivity contribution in [3.05, 3.63) is 69.7 Å². The van der Waals surface area contributed by atoms with Gasteiger partial charge < -0.3 is 20.5 Å². The number of carbonyl (C=O) groups excluding carboxylic acids is 3. The molecular weight excluding hydrogens is 561 g/mol. The summed E-state index contributed by atoms with van der Waals surface area (Å²) in [5.41, 5.74) is -0.215. The molecule has 216 valence electrons. The highest BCUT2D eigenvalue weighted by molar-refractivity contribution is 6.31. The molecule has 14 heteroatoms. The van der Waals surface area contributed by atoms with Crippen LogP contribution in [0.15, 0.2) is 41.8 Å². The van der Waals surface area contributed by atoms with Crippen molar-refractivity contribution in [1.29, 1.82) is 0 Å². The van der Waals surface area contributed by atoms with Gasteiger partial charge in [0.2, 0.25) is 5.82 Å². The number of nitrogens with zero attached hydrogens (tertiary/aromatic N) is 2. The predicted octanol–water partition coefficient (Wildman–Crippen LogP) is 4.67.